The fraction of sp³-hybridized carbons (Fsp3) is 0.235. The van der Waals surface area contributed by atoms with Gasteiger partial charge in [-0.05, 0) is 30.0 Å². The zero-order valence-electron chi connectivity index (χ0n) is 11.1. The van der Waals surface area contributed by atoms with Crippen LogP contribution in [-0.4, -0.2) is 16.3 Å². The van der Waals surface area contributed by atoms with Gasteiger partial charge in [-0.3, -0.25) is 0 Å². The summed E-state index contributed by atoms with van der Waals surface area (Å²) in [5.41, 5.74) is 2.22. The van der Waals surface area contributed by atoms with E-state index in [1.807, 2.05) is 53.4 Å². The van der Waals surface area contributed by atoms with Gasteiger partial charge in [0.25, 0.3) is 0 Å². The van der Waals surface area contributed by atoms with Crippen molar-refractivity contribution in [1.82, 2.24) is 0 Å². The number of aliphatic hydroxyl groups is 1. The molecule has 1 aliphatic heterocycles. The van der Waals surface area contributed by atoms with Gasteiger partial charge in [0.15, 0.2) is 0 Å². The molecule has 3 heteroatoms. The lowest BCUT2D eigenvalue weighted by atomic mass is 9.88. The van der Waals surface area contributed by atoms with Gasteiger partial charge in [0.2, 0.25) is 0 Å². The molecule has 1 saturated heterocycles. The number of para-hydroxylation sites is 1. The zero-order chi connectivity index (χ0) is 13.9. The first-order valence-electron chi connectivity index (χ1n) is 6.86. The number of nitrogens with zero attached hydrogens (tertiary/aromatic N) is 1. The summed E-state index contributed by atoms with van der Waals surface area (Å²) >= 11 is 5.53. The Morgan fingerprint density at radius 2 is 1.55 bits per heavy atom. The highest BCUT2D eigenvalue weighted by molar-refractivity contribution is 7.80. The van der Waals surface area contributed by atoms with E-state index in [9.17, 15) is 5.11 Å². The Hall–Kier alpha value is -1.71. The molecular weight excluding hydrogens is 266 g/mol. The first-order valence-corrected chi connectivity index (χ1v) is 7.26. The summed E-state index contributed by atoms with van der Waals surface area (Å²) in [7, 11) is 0. The molecule has 2 nitrogen and oxygen atoms in total. The van der Waals surface area contributed by atoms with Crippen molar-refractivity contribution in [3.8, 4) is 0 Å². The summed E-state index contributed by atoms with van der Waals surface area (Å²) < 4.78 is 0. The fourth-order valence-electron chi connectivity index (χ4n) is 2.80. The van der Waals surface area contributed by atoms with Crippen LogP contribution in [0.25, 0.3) is 0 Å². The topological polar surface area (TPSA) is 23.5 Å². The summed E-state index contributed by atoms with van der Waals surface area (Å²) in [5.74, 6) is 0.304. The predicted octanol–water partition coefficient (Wildman–Crippen LogP) is 3.72. The number of rotatable bonds is 2. The van der Waals surface area contributed by atoms with Crippen LogP contribution < -0.4 is 4.90 Å². The number of thiocarbonyl (C=S) groups is 1. The maximum atomic E-state index is 10.5. The van der Waals surface area contributed by atoms with Gasteiger partial charge in [0.1, 0.15) is 6.23 Å². The third-order valence-corrected chi connectivity index (χ3v) is 4.15. The minimum Gasteiger partial charge on any atom is -0.373 e. The van der Waals surface area contributed by atoms with Gasteiger partial charge in [-0.2, -0.15) is 0 Å². The number of hydrogen-bond acceptors (Lipinski definition) is 2. The van der Waals surface area contributed by atoms with Crippen LogP contribution in [0.2, 0.25) is 0 Å². The van der Waals surface area contributed by atoms with Crippen LogP contribution in [0.4, 0.5) is 5.69 Å². The third kappa shape index (κ3) is 2.60. The van der Waals surface area contributed by atoms with Gasteiger partial charge in [0.05, 0.1) is 4.99 Å². The molecule has 1 fully saturated rings. The van der Waals surface area contributed by atoms with Crippen LogP contribution in [0.1, 0.15) is 24.3 Å². The van der Waals surface area contributed by atoms with E-state index in [0.29, 0.717) is 12.3 Å². The molecule has 1 N–H and O–H groups in total. The van der Waals surface area contributed by atoms with Gasteiger partial charge in [0, 0.05) is 12.1 Å². The monoisotopic (exact) mass is 283 g/mol. The molecular formula is C17H17NOS. The van der Waals surface area contributed by atoms with E-state index in [2.05, 4.69) is 12.1 Å². The van der Waals surface area contributed by atoms with E-state index in [0.717, 1.165) is 17.1 Å². The number of anilines is 1. The highest BCUT2D eigenvalue weighted by Gasteiger charge is 2.31. The Balaban J connectivity index is 1.82. The summed E-state index contributed by atoms with van der Waals surface area (Å²) in [6.45, 7) is 0. The lowest BCUT2D eigenvalue weighted by molar-refractivity contribution is 0.156. The molecule has 0 bridgehead atoms. The molecule has 2 aromatic carbocycles. The summed E-state index contributed by atoms with van der Waals surface area (Å²) in [4.78, 5) is 2.68. The Morgan fingerprint density at radius 3 is 2.15 bits per heavy atom. The number of benzene rings is 2. The molecule has 2 aromatic rings. The lowest BCUT2D eigenvalue weighted by Crippen LogP contribution is -2.45. The maximum Gasteiger partial charge on any atom is 0.132 e. The van der Waals surface area contributed by atoms with E-state index >= 15 is 0 Å². The normalized spacial score (nSPS) is 22.9. The van der Waals surface area contributed by atoms with E-state index in [1.165, 1.54) is 5.56 Å². The SMILES string of the molecule is O[C@@H]1C[C@@H](c2ccccc2)CC(=S)N1c1ccccc1. The van der Waals surface area contributed by atoms with E-state index in [-0.39, 0.29) is 0 Å². The van der Waals surface area contributed by atoms with Crippen LogP contribution in [0, 0.1) is 0 Å². The molecule has 1 heterocycles. The largest absolute Gasteiger partial charge is 0.373 e. The molecule has 102 valence electrons. The highest BCUT2D eigenvalue weighted by Crippen LogP contribution is 2.34. The van der Waals surface area contributed by atoms with Crippen molar-refractivity contribution in [2.45, 2.75) is 25.0 Å². The molecule has 0 spiro atoms. The van der Waals surface area contributed by atoms with E-state index in [4.69, 9.17) is 12.2 Å². The zero-order valence-corrected chi connectivity index (χ0v) is 12.0. The molecule has 3 rings (SSSR count). The van der Waals surface area contributed by atoms with Crippen molar-refractivity contribution in [1.29, 1.82) is 0 Å². The van der Waals surface area contributed by atoms with Gasteiger partial charge in [-0.15, -0.1) is 0 Å². The van der Waals surface area contributed by atoms with Crippen molar-refractivity contribution in [2.75, 3.05) is 4.90 Å². The molecule has 2 atom stereocenters. The highest BCUT2D eigenvalue weighted by atomic mass is 32.1. The van der Waals surface area contributed by atoms with Gasteiger partial charge in [-0.25, -0.2) is 0 Å². The number of hydrogen-bond donors (Lipinski definition) is 1. The minimum atomic E-state index is -0.552. The first kappa shape index (κ1) is 13.3. The maximum absolute atomic E-state index is 10.5. The fourth-order valence-corrected chi connectivity index (χ4v) is 3.23. The molecule has 20 heavy (non-hydrogen) atoms. The van der Waals surface area contributed by atoms with E-state index in [1.54, 1.807) is 0 Å². The van der Waals surface area contributed by atoms with Gasteiger partial charge < -0.3 is 10.0 Å². The van der Waals surface area contributed by atoms with Crippen molar-refractivity contribution in [3.63, 3.8) is 0 Å². The van der Waals surface area contributed by atoms with Crippen LogP contribution in [0.3, 0.4) is 0 Å². The predicted molar refractivity (Wildman–Crippen MR) is 85.9 cm³/mol. The standard InChI is InChI=1S/C17H17NOS/c19-16-11-14(13-7-3-1-4-8-13)12-17(20)18(16)15-9-5-2-6-10-15/h1-10,14,16,19H,11-12H2/t14-,16-/m1/s1. The number of piperidine rings is 1. The molecule has 0 aliphatic carbocycles. The smallest absolute Gasteiger partial charge is 0.132 e. The van der Waals surface area contributed by atoms with Crippen LogP contribution in [-0.2, 0) is 0 Å². The Labute approximate surface area is 124 Å². The van der Waals surface area contributed by atoms with Crippen LogP contribution >= 0.6 is 12.2 Å². The summed E-state index contributed by atoms with van der Waals surface area (Å²) in [5, 5.41) is 10.5. The lowest BCUT2D eigenvalue weighted by Gasteiger charge is -2.38. The average Bonchev–Trinajstić information content (AvgIpc) is 2.48. The second-order valence-corrected chi connectivity index (χ2v) is 5.60. The second kappa shape index (κ2) is 5.73. The quantitative estimate of drug-likeness (QED) is 0.850. The Kier molecular flexibility index (Phi) is 3.81. The minimum absolute atomic E-state index is 0.304. The van der Waals surface area contributed by atoms with Crippen molar-refractivity contribution in [3.05, 3.63) is 66.2 Å². The molecule has 0 radical (unpaired) electrons. The van der Waals surface area contributed by atoms with Crippen molar-refractivity contribution < 1.29 is 5.11 Å². The van der Waals surface area contributed by atoms with Gasteiger partial charge >= 0.3 is 0 Å². The van der Waals surface area contributed by atoms with Crippen LogP contribution in [0.15, 0.2) is 60.7 Å². The first-order chi connectivity index (χ1) is 9.75. The Bertz CT molecular complexity index is 584. The molecule has 1 aliphatic rings. The number of aliphatic hydroxyl groups excluding tert-OH is 1. The molecule has 0 amide bonds. The molecule has 0 unspecified atom stereocenters. The average molecular weight is 283 g/mol. The van der Waals surface area contributed by atoms with Crippen molar-refractivity contribution >= 4 is 22.9 Å². The van der Waals surface area contributed by atoms with Crippen LogP contribution in [0.5, 0.6) is 0 Å². The summed E-state index contributed by atoms with van der Waals surface area (Å²) in [6.07, 6.45) is 0.966. The summed E-state index contributed by atoms with van der Waals surface area (Å²) in [6, 6.07) is 20.2. The second-order valence-electron chi connectivity index (χ2n) is 5.13. The Morgan fingerprint density at radius 1 is 0.950 bits per heavy atom. The molecule has 0 aromatic heterocycles. The van der Waals surface area contributed by atoms with Gasteiger partial charge in [-0.1, -0.05) is 60.7 Å². The molecule has 0 saturated carbocycles. The third-order valence-electron chi connectivity index (χ3n) is 3.79. The van der Waals surface area contributed by atoms with E-state index < -0.39 is 6.23 Å². The van der Waals surface area contributed by atoms with Crippen molar-refractivity contribution in [2.24, 2.45) is 0 Å².